The summed E-state index contributed by atoms with van der Waals surface area (Å²) in [7, 11) is 0. The Kier molecular flexibility index (Phi) is 4.36. The largest absolute Gasteiger partial charge is 0.573 e. The molecule has 19 heavy (non-hydrogen) atoms. The summed E-state index contributed by atoms with van der Waals surface area (Å²) in [6, 6.07) is 4.08. The van der Waals surface area contributed by atoms with E-state index in [1.54, 1.807) is 0 Å². The summed E-state index contributed by atoms with van der Waals surface area (Å²) >= 11 is 0. The van der Waals surface area contributed by atoms with Gasteiger partial charge in [-0.2, -0.15) is 0 Å². The quantitative estimate of drug-likeness (QED) is 0.848. The number of carbonyl (C=O) groups is 2. The first-order valence-corrected chi connectivity index (χ1v) is 5.05. The van der Waals surface area contributed by atoms with Gasteiger partial charge >= 0.3 is 12.3 Å². The van der Waals surface area contributed by atoms with Crippen molar-refractivity contribution >= 4 is 11.9 Å². The van der Waals surface area contributed by atoms with Crippen LogP contribution in [0.4, 0.5) is 13.2 Å². The van der Waals surface area contributed by atoms with E-state index in [1.165, 1.54) is 6.92 Å². The minimum Gasteiger partial charge on any atom is -0.449 e. The minimum atomic E-state index is -4.80. The zero-order valence-electron chi connectivity index (χ0n) is 9.73. The molecule has 0 spiro atoms. The van der Waals surface area contributed by atoms with Gasteiger partial charge in [0.15, 0.2) is 6.10 Å². The van der Waals surface area contributed by atoms with E-state index in [1.807, 2.05) is 0 Å². The predicted octanol–water partition coefficient (Wildman–Crippen LogP) is 1.62. The van der Waals surface area contributed by atoms with Crippen LogP contribution in [0, 0.1) is 0 Å². The van der Waals surface area contributed by atoms with Crippen molar-refractivity contribution in [1.29, 1.82) is 0 Å². The highest BCUT2D eigenvalue weighted by molar-refractivity contribution is 5.92. The number of hydrogen-bond acceptors (Lipinski definition) is 4. The molecule has 2 N–H and O–H groups in total. The predicted molar refractivity (Wildman–Crippen MR) is 57.2 cm³/mol. The fourth-order valence-corrected chi connectivity index (χ4v) is 1.08. The molecule has 0 aliphatic carbocycles. The molecule has 0 fully saturated rings. The lowest BCUT2D eigenvalue weighted by molar-refractivity contribution is -0.274. The van der Waals surface area contributed by atoms with Gasteiger partial charge in [-0.05, 0) is 31.2 Å². The maximum Gasteiger partial charge on any atom is 0.573 e. The summed E-state index contributed by atoms with van der Waals surface area (Å²) in [5.41, 5.74) is 4.87. The van der Waals surface area contributed by atoms with Gasteiger partial charge in [0, 0.05) is 0 Å². The Morgan fingerprint density at radius 3 is 2.16 bits per heavy atom. The smallest absolute Gasteiger partial charge is 0.449 e. The van der Waals surface area contributed by atoms with Crippen LogP contribution in [0.15, 0.2) is 24.3 Å². The number of carbonyl (C=O) groups excluding carboxylic acids is 2. The lowest BCUT2D eigenvalue weighted by Crippen LogP contribution is -2.30. The number of esters is 1. The van der Waals surface area contributed by atoms with Gasteiger partial charge in [0.05, 0.1) is 5.56 Å². The Bertz CT molecular complexity index is 470. The zero-order valence-corrected chi connectivity index (χ0v) is 9.73. The molecule has 104 valence electrons. The van der Waals surface area contributed by atoms with Crippen LogP contribution >= 0.6 is 0 Å². The Balaban J connectivity index is 2.71. The maximum absolute atomic E-state index is 11.9. The van der Waals surface area contributed by atoms with Crippen LogP contribution in [0.5, 0.6) is 5.75 Å². The molecule has 8 heteroatoms. The molecular weight excluding hydrogens is 267 g/mol. The van der Waals surface area contributed by atoms with E-state index in [0.717, 1.165) is 24.3 Å². The molecule has 0 aliphatic heterocycles. The van der Waals surface area contributed by atoms with E-state index >= 15 is 0 Å². The molecule has 1 aromatic carbocycles. The van der Waals surface area contributed by atoms with Crippen LogP contribution in [0.3, 0.4) is 0 Å². The molecule has 5 nitrogen and oxygen atoms in total. The van der Waals surface area contributed by atoms with Crippen molar-refractivity contribution in [3.63, 3.8) is 0 Å². The number of benzene rings is 1. The number of alkyl halides is 3. The molecule has 1 aromatic rings. The standard InChI is InChI=1S/C11H10F3NO4/c1-6(9(15)16)18-10(17)7-2-4-8(5-3-7)19-11(12,13)14/h2-6H,1H3,(H2,15,16)/t6-/m0/s1. The van der Waals surface area contributed by atoms with Crippen LogP contribution in [0.25, 0.3) is 0 Å². The third-order valence-corrected chi connectivity index (χ3v) is 2.01. The third-order valence-electron chi connectivity index (χ3n) is 2.01. The van der Waals surface area contributed by atoms with Crippen LogP contribution < -0.4 is 10.5 Å². The van der Waals surface area contributed by atoms with E-state index in [2.05, 4.69) is 9.47 Å². The highest BCUT2D eigenvalue weighted by Crippen LogP contribution is 2.22. The fourth-order valence-electron chi connectivity index (χ4n) is 1.08. The number of hydrogen-bond donors (Lipinski definition) is 1. The van der Waals surface area contributed by atoms with E-state index in [0.29, 0.717) is 0 Å². The van der Waals surface area contributed by atoms with Crippen molar-refractivity contribution in [2.75, 3.05) is 0 Å². The second-order valence-electron chi connectivity index (χ2n) is 3.52. The van der Waals surface area contributed by atoms with Gasteiger partial charge in [0.2, 0.25) is 0 Å². The monoisotopic (exact) mass is 277 g/mol. The first kappa shape index (κ1) is 14.8. The third kappa shape index (κ3) is 4.86. The van der Waals surface area contributed by atoms with Gasteiger partial charge in [-0.3, -0.25) is 4.79 Å². The first-order chi connectivity index (χ1) is 8.69. The second kappa shape index (κ2) is 5.59. The number of halogens is 3. The average Bonchev–Trinajstić information content (AvgIpc) is 2.27. The molecule has 0 radical (unpaired) electrons. The van der Waals surface area contributed by atoms with Crippen molar-refractivity contribution in [1.82, 2.24) is 0 Å². The number of primary amides is 1. The molecular formula is C11H10F3NO4. The lowest BCUT2D eigenvalue weighted by Gasteiger charge is -2.11. The molecule has 0 unspecified atom stereocenters. The molecule has 0 heterocycles. The summed E-state index contributed by atoms with van der Waals surface area (Å²) in [6.07, 6.45) is -5.93. The van der Waals surface area contributed by atoms with E-state index in [-0.39, 0.29) is 5.56 Å². The first-order valence-electron chi connectivity index (χ1n) is 5.05. The van der Waals surface area contributed by atoms with Crippen molar-refractivity contribution in [2.24, 2.45) is 5.73 Å². The molecule has 0 aromatic heterocycles. The van der Waals surface area contributed by atoms with Crippen LogP contribution in [-0.2, 0) is 9.53 Å². The second-order valence-corrected chi connectivity index (χ2v) is 3.52. The maximum atomic E-state index is 11.9. The number of amides is 1. The molecule has 0 saturated carbocycles. The Labute approximate surface area is 106 Å². The van der Waals surface area contributed by atoms with Crippen molar-refractivity contribution in [3.05, 3.63) is 29.8 Å². The van der Waals surface area contributed by atoms with Gasteiger partial charge in [-0.25, -0.2) is 4.79 Å². The summed E-state index contributed by atoms with van der Waals surface area (Å²) in [4.78, 5) is 22.1. The van der Waals surface area contributed by atoms with Crippen molar-refractivity contribution in [2.45, 2.75) is 19.4 Å². The Hall–Kier alpha value is -2.25. The molecule has 1 amide bonds. The van der Waals surface area contributed by atoms with Gasteiger partial charge in [-0.1, -0.05) is 0 Å². The lowest BCUT2D eigenvalue weighted by atomic mass is 10.2. The summed E-state index contributed by atoms with van der Waals surface area (Å²) in [6.45, 7) is 1.28. The Morgan fingerprint density at radius 1 is 1.21 bits per heavy atom. The topological polar surface area (TPSA) is 78.6 Å². The van der Waals surface area contributed by atoms with E-state index in [4.69, 9.17) is 5.73 Å². The van der Waals surface area contributed by atoms with Crippen LogP contribution in [0.1, 0.15) is 17.3 Å². The number of ether oxygens (including phenoxy) is 2. The van der Waals surface area contributed by atoms with Crippen molar-refractivity contribution < 1.29 is 32.2 Å². The normalized spacial score (nSPS) is 12.6. The van der Waals surface area contributed by atoms with Gasteiger partial charge in [-0.15, -0.1) is 13.2 Å². The number of nitrogens with two attached hydrogens (primary N) is 1. The SMILES string of the molecule is C[C@H](OC(=O)c1ccc(OC(F)(F)F)cc1)C(N)=O. The fraction of sp³-hybridized carbons (Fsp3) is 0.273. The van der Waals surface area contributed by atoms with E-state index < -0.39 is 30.1 Å². The van der Waals surface area contributed by atoms with Crippen LogP contribution in [0.2, 0.25) is 0 Å². The van der Waals surface area contributed by atoms with Gasteiger partial charge in [0.25, 0.3) is 5.91 Å². The molecule has 0 bridgehead atoms. The van der Waals surface area contributed by atoms with E-state index in [9.17, 15) is 22.8 Å². The molecule has 0 aliphatic rings. The Morgan fingerprint density at radius 2 is 1.74 bits per heavy atom. The highest BCUT2D eigenvalue weighted by Gasteiger charge is 2.31. The molecule has 1 atom stereocenters. The summed E-state index contributed by atoms with van der Waals surface area (Å²) in [5.74, 6) is -2.16. The highest BCUT2D eigenvalue weighted by atomic mass is 19.4. The zero-order chi connectivity index (χ0) is 14.6. The molecule has 1 rings (SSSR count). The van der Waals surface area contributed by atoms with Gasteiger partial charge < -0.3 is 15.2 Å². The molecule has 0 saturated heterocycles. The van der Waals surface area contributed by atoms with Crippen LogP contribution in [-0.4, -0.2) is 24.3 Å². The average molecular weight is 277 g/mol. The minimum absolute atomic E-state index is 0.0253. The summed E-state index contributed by atoms with van der Waals surface area (Å²) in [5, 5.41) is 0. The van der Waals surface area contributed by atoms with Crippen molar-refractivity contribution in [3.8, 4) is 5.75 Å². The van der Waals surface area contributed by atoms with Gasteiger partial charge in [0.1, 0.15) is 5.75 Å². The summed E-state index contributed by atoms with van der Waals surface area (Å²) < 4.78 is 44.0. The number of rotatable bonds is 4.